The molecule has 2 nitrogen and oxygen atoms in total. The molecule has 0 aromatic heterocycles. The van der Waals surface area contributed by atoms with Crippen molar-refractivity contribution in [1.82, 2.24) is 0 Å². The third-order valence-corrected chi connectivity index (χ3v) is 4.72. The van der Waals surface area contributed by atoms with Gasteiger partial charge in [0.05, 0.1) is 10.7 Å². The van der Waals surface area contributed by atoms with Gasteiger partial charge in [-0.15, -0.1) is 11.8 Å². The summed E-state index contributed by atoms with van der Waals surface area (Å²) >= 11 is 16.6. The molecule has 2 rings (SSSR count). The lowest BCUT2D eigenvalue weighted by atomic mass is 10.1. The molecule has 0 heterocycles. The largest absolute Gasteiger partial charge is 0.389 e. The van der Waals surface area contributed by atoms with Gasteiger partial charge in [0.25, 0.3) is 0 Å². The average molecular weight is 402 g/mol. The number of anilines is 2. The zero-order valence-electron chi connectivity index (χ0n) is 11.3. The minimum Gasteiger partial charge on any atom is -0.389 e. The van der Waals surface area contributed by atoms with Crippen molar-refractivity contribution in [3.63, 3.8) is 0 Å². The minimum absolute atomic E-state index is 0.377. The van der Waals surface area contributed by atoms with Crippen LogP contribution in [0.2, 0.25) is 5.02 Å². The van der Waals surface area contributed by atoms with Gasteiger partial charge in [0.15, 0.2) is 0 Å². The summed E-state index contributed by atoms with van der Waals surface area (Å²) in [7, 11) is 0. The number of thioether (sulfide) groups is 1. The highest BCUT2D eigenvalue weighted by Gasteiger charge is 2.12. The van der Waals surface area contributed by atoms with Crippen molar-refractivity contribution in [3.8, 4) is 0 Å². The van der Waals surface area contributed by atoms with E-state index >= 15 is 0 Å². The molecule has 0 radical (unpaired) electrons. The number of benzene rings is 2. The molecule has 0 aliphatic rings. The average Bonchev–Trinajstić information content (AvgIpc) is 2.42. The maximum absolute atomic E-state index is 6.25. The van der Waals surface area contributed by atoms with E-state index in [0.29, 0.717) is 10.0 Å². The molecular formula is C15H14BrClN2S2. The van der Waals surface area contributed by atoms with E-state index in [1.54, 1.807) is 11.8 Å². The van der Waals surface area contributed by atoms with Crippen LogP contribution in [-0.2, 0) is 0 Å². The molecular weight excluding hydrogens is 388 g/mol. The van der Waals surface area contributed by atoms with Crippen LogP contribution in [0.1, 0.15) is 12.5 Å². The second kappa shape index (κ2) is 7.49. The maximum Gasteiger partial charge on any atom is 0.107 e. The zero-order valence-corrected chi connectivity index (χ0v) is 15.3. The van der Waals surface area contributed by atoms with E-state index in [1.165, 1.54) is 0 Å². The first-order valence-electron chi connectivity index (χ1n) is 6.30. The molecule has 110 valence electrons. The summed E-state index contributed by atoms with van der Waals surface area (Å²) in [5.74, 6) is 0.956. The van der Waals surface area contributed by atoms with Gasteiger partial charge >= 0.3 is 0 Å². The third-order valence-electron chi connectivity index (χ3n) is 2.77. The SMILES string of the molecule is CCSc1cccc(Nc2ccc(Br)cc2Cl)c1C(N)=S. The van der Waals surface area contributed by atoms with Crippen molar-refractivity contribution in [1.29, 1.82) is 0 Å². The van der Waals surface area contributed by atoms with Gasteiger partial charge in [0.1, 0.15) is 4.99 Å². The highest BCUT2D eigenvalue weighted by molar-refractivity contribution is 9.10. The van der Waals surface area contributed by atoms with Crippen LogP contribution in [0.5, 0.6) is 0 Å². The van der Waals surface area contributed by atoms with Crippen LogP contribution < -0.4 is 11.1 Å². The van der Waals surface area contributed by atoms with E-state index in [2.05, 4.69) is 28.2 Å². The molecule has 21 heavy (non-hydrogen) atoms. The highest BCUT2D eigenvalue weighted by Crippen LogP contribution is 2.33. The quantitative estimate of drug-likeness (QED) is 0.506. The molecule has 0 atom stereocenters. The fourth-order valence-corrected chi connectivity index (χ4v) is 3.76. The van der Waals surface area contributed by atoms with Crippen molar-refractivity contribution >= 4 is 67.9 Å². The number of rotatable bonds is 5. The molecule has 6 heteroatoms. The number of nitrogens with two attached hydrogens (primary N) is 1. The van der Waals surface area contributed by atoms with Gasteiger partial charge in [-0.25, -0.2) is 0 Å². The molecule has 0 saturated heterocycles. The molecule has 0 bridgehead atoms. The van der Waals surface area contributed by atoms with E-state index in [-0.39, 0.29) is 0 Å². The number of nitrogens with one attached hydrogen (secondary N) is 1. The first-order valence-corrected chi connectivity index (χ1v) is 8.87. The number of hydrogen-bond donors (Lipinski definition) is 2. The Morgan fingerprint density at radius 1 is 1.33 bits per heavy atom. The zero-order chi connectivity index (χ0) is 15.4. The molecule has 0 unspecified atom stereocenters. The maximum atomic E-state index is 6.25. The predicted octanol–water partition coefficient (Wildman–Crippen LogP) is 5.59. The van der Waals surface area contributed by atoms with Crippen LogP contribution in [0.15, 0.2) is 45.8 Å². The van der Waals surface area contributed by atoms with Gasteiger partial charge in [0.2, 0.25) is 0 Å². The number of hydrogen-bond acceptors (Lipinski definition) is 3. The first kappa shape index (κ1) is 16.6. The smallest absolute Gasteiger partial charge is 0.107 e. The van der Waals surface area contributed by atoms with Crippen molar-refractivity contribution in [3.05, 3.63) is 51.5 Å². The summed E-state index contributed by atoms with van der Waals surface area (Å²) in [6, 6.07) is 11.6. The normalized spacial score (nSPS) is 10.4. The van der Waals surface area contributed by atoms with Gasteiger partial charge in [-0.2, -0.15) is 0 Å². The minimum atomic E-state index is 0.377. The highest BCUT2D eigenvalue weighted by atomic mass is 79.9. The summed E-state index contributed by atoms with van der Waals surface area (Å²) < 4.78 is 0.933. The van der Waals surface area contributed by atoms with E-state index in [0.717, 1.165) is 32.1 Å². The van der Waals surface area contributed by atoms with Crippen molar-refractivity contribution < 1.29 is 0 Å². The summed E-state index contributed by atoms with van der Waals surface area (Å²) in [5, 5.41) is 3.95. The molecule has 2 aromatic carbocycles. The molecule has 3 N–H and O–H groups in total. The van der Waals surface area contributed by atoms with Crippen LogP contribution in [0.25, 0.3) is 0 Å². The van der Waals surface area contributed by atoms with Crippen LogP contribution in [0, 0.1) is 0 Å². The van der Waals surface area contributed by atoms with E-state index in [4.69, 9.17) is 29.6 Å². The topological polar surface area (TPSA) is 38.0 Å². The van der Waals surface area contributed by atoms with Crippen LogP contribution >= 0.6 is 51.5 Å². The summed E-state index contributed by atoms with van der Waals surface area (Å²) in [5.41, 5.74) is 8.44. The molecule has 0 amide bonds. The Kier molecular flexibility index (Phi) is 5.93. The fraction of sp³-hybridized carbons (Fsp3) is 0.133. The lowest BCUT2D eigenvalue weighted by molar-refractivity contribution is 1.38. The lowest BCUT2D eigenvalue weighted by Crippen LogP contribution is -2.13. The molecule has 0 aliphatic carbocycles. The first-order chi connectivity index (χ1) is 10.0. The second-order valence-electron chi connectivity index (χ2n) is 4.23. The molecule has 0 saturated carbocycles. The van der Waals surface area contributed by atoms with E-state index in [9.17, 15) is 0 Å². The van der Waals surface area contributed by atoms with Gasteiger partial charge < -0.3 is 11.1 Å². The van der Waals surface area contributed by atoms with Crippen molar-refractivity contribution in [2.45, 2.75) is 11.8 Å². The van der Waals surface area contributed by atoms with Crippen molar-refractivity contribution in [2.24, 2.45) is 5.73 Å². The second-order valence-corrected chi connectivity index (χ2v) is 7.29. The van der Waals surface area contributed by atoms with Crippen LogP contribution in [0.4, 0.5) is 11.4 Å². The van der Waals surface area contributed by atoms with Crippen LogP contribution in [0.3, 0.4) is 0 Å². The lowest BCUT2D eigenvalue weighted by Gasteiger charge is -2.15. The Labute approximate surface area is 147 Å². The number of halogens is 2. The van der Waals surface area contributed by atoms with Gasteiger partial charge in [0, 0.05) is 20.6 Å². The number of thiocarbonyl (C=S) groups is 1. The Morgan fingerprint density at radius 3 is 2.71 bits per heavy atom. The standard InChI is InChI=1S/C15H14BrClN2S2/c1-2-21-13-5-3-4-12(14(13)15(18)20)19-11-7-6-9(16)8-10(11)17/h3-8,19H,2H2,1H3,(H2,18,20). The van der Waals surface area contributed by atoms with E-state index < -0.39 is 0 Å². The Morgan fingerprint density at radius 2 is 2.10 bits per heavy atom. The Bertz CT molecular complexity index is 677. The molecule has 0 spiro atoms. The van der Waals surface area contributed by atoms with Gasteiger partial charge in [-0.1, -0.05) is 52.7 Å². The van der Waals surface area contributed by atoms with Crippen LogP contribution in [-0.4, -0.2) is 10.7 Å². The van der Waals surface area contributed by atoms with Crippen molar-refractivity contribution in [2.75, 3.05) is 11.1 Å². The fourth-order valence-electron chi connectivity index (χ4n) is 1.90. The van der Waals surface area contributed by atoms with E-state index in [1.807, 2.05) is 36.4 Å². The predicted molar refractivity (Wildman–Crippen MR) is 101 cm³/mol. The Hall–Kier alpha value is -0.750. The summed E-state index contributed by atoms with van der Waals surface area (Å²) in [6.07, 6.45) is 0. The summed E-state index contributed by atoms with van der Waals surface area (Å²) in [4.78, 5) is 1.45. The Balaban J connectivity index is 2.43. The van der Waals surface area contributed by atoms with Gasteiger partial charge in [-0.3, -0.25) is 0 Å². The molecule has 0 fully saturated rings. The monoisotopic (exact) mass is 400 g/mol. The molecule has 2 aromatic rings. The summed E-state index contributed by atoms with van der Waals surface area (Å²) in [6.45, 7) is 2.10. The van der Waals surface area contributed by atoms with Gasteiger partial charge in [-0.05, 0) is 36.1 Å². The third kappa shape index (κ3) is 4.13. The molecule has 0 aliphatic heterocycles.